The minimum atomic E-state index is -4.39. The topological polar surface area (TPSA) is 76.4 Å². The highest BCUT2D eigenvalue weighted by atomic mass is 19.4. The van der Waals surface area contributed by atoms with Crippen molar-refractivity contribution in [3.8, 4) is 0 Å². The number of halogens is 4. The van der Waals surface area contributed by atoms with Gasteiger partial charge in [0.15, 0.2) is 5.69 Å². The molecule has 0 aromatic carbocycles. The highest BCUT2D eigenvalue weighted by molar-refractivity contribution is 5.29. The first-order valence-electron chi connectivity index (χ1n) is 5.81. The van der Waals surface area contributed by atoms with Crippen molar-refractivity contribution in [1.29, 1.82) is 0 Å². The summed E-state index contributed by atoms with van der Waals surface area (Å²) in [6.45, 7) is 0.532. The molecule has 0 bridgehead atoms. The predicted octanol–water partition coefficient (Wildman–Crippen LogP) is 1.18. The Morgan fingerprint density at radius 2 is 2.20 bits per heavy atom. The lowest BCUT2D eigenvalue weighted by Crippen LogP contribution is -2.43. The molecule has 0 aliphatic carbocycles. The molecule has 20 heavy (non-hydrogen) atoms. The number of H-pyrrole nitrogens is 1. The van der Waals surface area contributed by atoms with Crippen molar-refractivity contribution in [2.75, 3.05) is 5.73 Å². The van der Waals surface area contributed by atoms with E-state index in [1.165, 1.54) is 10.9 Å². The molecule has 0 radical (unpaired) electrons. The quantitative estimate of drug-likeness (QED) is 0.656. The van der Waals surface area contributed by atoms with Gasteiger partial charge in [0.05, 0.1) is 0 Å². The Labute approximate surface area is 111 Å². The lowest BCUT2D eigenvalue weighted by atomic mass is 10.2. The standard InChI is InChI=1S/C10H12F4N6/c1-2-7(20-3-6(15)8(11)18-20)9-17-16-5-19(9)4-10(12,13)14/h3,5,7H,2,4,15H2,1H3/p+1/t7-/m1/s1. The minimum absolute atomic E-state index is 0.0797. The number of anilines is 1. The number of aromatic amines is 1. The molecule has 0 aliphatic rings. The Hall–Kier alpha value is -2.13. The number of nitrogen functional groups attached to an aromatic ring is 1. The number of nitrogens with zero attached hydrogens (tertiary/aromatic N) is 4. The van der Waals surface area contributed by atoms with Gasteiger partial charge in [-0.15, -0.1) is 20.0 Å². The Morgan fingerprint density at radius 3 is 2.70 bits per heavy atom. The number of hydrogen-bond donors (Lipinski definition) is 2. The van der Waals surface area contributed by atoms with E-state index in [-0.39, 0.29) is 11.5 Å². The van der Waals surface area contributed by atoms with E-state index in [1.54, 1.807) is 6.92 Å². The molecule has 0 amide bonds. The van der Waals surface area contributed by atoms with Crippen LogP contribution in [0, 0.1) is 5.95 Å². The summed E-state index contributed by atoms with van der Waals surface area (Å²) in [5.41, 5.74) is 5.26. The van der Waals surface area contributed by atoms with E-state index < -0.39 is 24.7 Å². The fourth-order valence-electron chi connectivity index (χ4n) is 1.93. The van der Waals surface area contributed by atoms with Crippen molar-refractivity contribution >= 4 is 5.69 Å². The van der Waals surface area contributed by atoms with Crippen LogP contribution in [0.15, 0.2) is 12.5 Å². The number of aromatic nitrogens is 5. The molecule has 3 N–H and O–H groups in total. The molecule has 2 aromatic rings. The maximum Gasteiger partial charge on any atom is 0.406 e. The molecule has 0 saturated heterocycles. The van der Waals surface area contributed by atoms with Gasteiger partial charge in [0, 0.05) is 6.42 Å². The van der Waals surface area contributed by atoms with Crippen molar-refractivity contribution in [3.63, 3.8) is 0 Å². The van der Waals surface area contributed by atoms with Gasteiger partial charge in [0.1, 0.15) is 12.9 Å². The van der Waals surface area contributed by atoms with Crippen LogP contribution in [0.4, 0.5) is 23.2 Å². The average Bonchev–Trinajstić information content (AvgIpc) is 2.87. The Bertz CT molecular complexity index is 567. The Morgan fingerprint density at radius 1 is 1.50 bits per heavy atom. The van der Waals surface area contributed by atoms with Crippen molar-refractivity contribution in [2.45, 2.75) is 32.1 Å². The highest BCUT2D eigenvalue weighted by Gasteiger charge is 2.34. The van der Waals surface area contributed by atoms with E-state index in [4.69, 9.17) is 5.73 Å². The summed E-state index contributed by atoms with van der Waals surface area (Å²) in [5, 5.41) is 9.52. The molecule has 0 spiro atoms. The maximum absolute atomic E-state index is 13.2. The second kappa shape index (κ2) is 5.10. The van der Waals surface area contributed by atoms with Crippen molar-refractivity contribution in [1.82, 2.24) is 19.9 Å². The number of hydrogen-bond acceptors (Lipinski definition) is 3. The molecule has 2 heterocycles. The molecular weight excluding hydrogens is 280 g/mol. The summed E-state index contributed by atoms with van der Waals surface area (Å²) in [6.07, 6.45) is -1.73. The first-order valence-corrected chi connectivity index (χ1v) is 5.81. The van der Waals surface area contributed by atoms with Gasteiger partial charge in [-0.25, -0.2) is 0 Å². The largest absolute Gasteiger partial charge is 0.406 e. The van der Waals surface area contributed by atoms with Crippen LogP contribution in [0.25, 0.3) is 0 Å². The van der Waals surface area contributed by atoms with Crippen molar-refractivity contribution in [2.24, 2.45) is 0 Å². The van der Waals surface area contributed by atoms with E-state index in [1.807, 2.05) is 0 Å². The Balaban J connectivity index is 2.35. The van der Waals surface area contributed by atoms with Crippen LogP contribution in [-0.4, -0.2) is 26.0 Å². The molecule has 2 aromatic heterocycles. The fourth-order valence-corrected chi connectivity index (χ4v) is 1.93. The normalized spacial score (nSPS) is 13.7. The second-order valence-electron chi connectivity index (χ2n) is 4.27. The van der Waals surface area contributed by atoms with Gasteiger partial charge in [-0.2, -0.15) is 17.6 Å². The summed E-state index contributed by atoms with van der Waals surface area (Å²) in [4.78, 5) is 0. The van der Waals surface area contributed by atoms with E-state index in [2.05, 4.69) is 15.3 Å². The van der Waals surface area contributed by atoms with Crippen molar-refractivity contribution in [3.05, 3.63) is 24.3 Å². The van der Waals surface area contributed by atoms with Crippen LogP contribution in [0.2, 0.25) is 0 Å². The van der Waals surface area contributed by atoms with Gasteiger partial charge in [-0.3, -0.25) is 0 Å². The summed E-state index contributed by atoms with van der Waals surface area (Å²) < 4.78 is 52.8. The molecular formula is C10H13F4N6+. The van der Waals surface area contributed by atoms with Gasteiger partial charge < -0.3 is 10.3 Å². The molecule has 0 saturated carbocycles. The molecule has 2 rings (SSSR count). The van der Waals surface area contributed by atoms with Gasteiger partial charge in [0.25, 0.3) is 5.95 Å². The summed E-state index contributed by atoms with van der Waals surface area (Å²) in [6, 6.07) is -0.619. The van der Waals surface area contributed by atoms with Crippen LogP contribution in [0.1, 0.15) is 25.2 Å². The number of nitrogens with one attached hydrogen (secondary N) is 1. The number of alkyl halides is 3. The molecule has 10 heteroatoms. The average molecular weight is 293 g/mol. The zero-order valence-electron chi connectivity index (χ0n) is 10.5. The first-order chi connectivity index (χ1) is 9.31. The van der Waals surface area contributed by atoms with Gasteiger partial charge in [-0.05, 0) is 0 Å². The maximum atomic E-state index is 13.2. The number of rotatable bonds is 4. The second-order valence-corrected chi connectivity index (χ2v) is 4.27. The van der Waals surface area contributed by atoms with E-state index >= 15 is 0 Å². The predicted molar refractivity (Wildman–Crippen MR) is 59.9 cm³/mol. The molecule has 6 nitrogen and oxygen atoms in total. The summed E-state index contributed by atoms with van der Waals surface area (Å²) in [7, 11) is 0. The van der Waals surface area contributed by atoms with Crippen LogP contribution >= 0.6 is 0 Å². The highest BCUT2D eigenvalue weighted by Crippen LogP contribution is 2.21. The van der Waals surface area contributed by atoms with Crippen LogP contribution in [0.5, 0.6) is 0 Å². The molecule has 110 valence electrons. The zero-order chi connectivity index (χ0) is 14.9. The smallest absolute Gasteiger partial charge is 0.390 e. The summed E-state index contributed by atoms with van der Waals surface area (Å²) >= 11 is 0. The van der Waals surface area contributed by atoms with Crippen LogP contribution < -0.4 is 10.4 Å². The van der Waals surface area contributed by atoms with Gasteiger partial charge in [-0.1, -0.05) is 6.92 Å². The zero-order valence-corrected chi connectivity index (χ0v) is 10.5. The van der Waals surface area contributed by atoms with Crippen LogP contribution in [0.3, 0.4) is 0 Å². The van der Waals surface area contributed by atoms with Crippen LogP contribution in [-0.2, 0) is 6.54 Å². The van der Waals surface area contributed by atoms with Crippen molar-refractivity contribution < 1.29 is 22.2 Å². The lowest BCUT2D eigenvalue weighted by Gasteiger charge is -2.11. The molecule has 0 aliphatic heterocycles. The van der Waals surface area contributed by atoms with E-state index in [9.17, 15) is 17.6 Å². The lowest BCUT2D eigenvalue weighted by molar-refractivity contribution is -0.768. The van der Waals surface area contributed by atoms with Gasteiger partial charge in [0.2, 0.25) is 18.1 Å². The first kappa shape index (κ1) is 14.3. The fraction of sp³-hybridized carbons (Fsp3) is 0.500. The molecule has 0 fully saturated rings. The monoisotopic (exact) mass is 293 g/mol. The number of nitrogens with two attached hydrogens (primary N) is 1. The minimum Gasteiger partial charge on any atom is -0.390 e. The van der Waals surface area contributed by atoms with Gasteiger partial charge >= 0.3 is 6.18 Å². The SMILES string of the molecule is CC[C@H](c1nncn1CC(F)(F)F)[n+]1cc(N)c(F)[nH]1. The molecule has 1 atom stereocenters. The van der Waals surface area contributed by atoms with E-state index in [0.29, 0.717) is 6.42 Å². The third kappa shape index (κ3) is 2.89. The third-order valence-corrected chi connectivity index (χ3v) is 2.77. The third-order valence-electron chi connectivity index (χ3n) is 2.77. The Kier molecular flexibility index (Phi) is 3.64. The molecule has 0 unspecified atom stereocenters. The summed E-state index contributed by atoms with van der Waals surface area (Å²) in [5.74, 6) is -0.665. The van der Waals surface area contributed by atoms with E-state index in [0.717, 1.165) is 10.9 Å².